The summed E-state index contributed by atoms with van der Waals surface area (Å²) < 4.78 is 0. The van der Waals surface area contributed by atoms with E-state index in [9.17, 15) is 0 Å². The van der Waals surface area contributed by atoms with Crippen LogP contribution in [-0.4, -0.2) is 23.5 Å². The van der Waals surface area contributed by atoms with Gasteiger partial charge in [0.1, 0.15) is 0 Å². The monoisotopic (exact) mass is 252 g/mol. The zero-order chi connectivity index (χ0) is 13.2. The first-order valence-corrected chi connectivity index (χ1v) is 6.88. The zero-order valence-electron chi connectivity index (χ0n) is 11.2. The van der Waals surface area contributed by atoms with Crippen LogP contribution in [0.15, 0.2) is 60.7 Å². The Balaban J connectivity index is 1.97. The summed E-state index contributed by atoms with van der Waals surface area (Å²) in [6.07, 6.45) is 0. The van der Waals surface area contributed by atoms with Gasteiger partial charge < -0.3 is 5.73 Å². The van der Waals surface area contributed by atoms with Crippen LogP contribution in [-0.2, 0) is 0 Å². The van der Waals surface area contributed by atoms with E-state index in [-0.39, 0.29) is 0 Å². The first-order chi connectivity index (χ1) is 9.27. The number of hydrogen-bond acceptors (Lipinski definition) is 2. The van der Waals surface area contributed by atoms with Crippen molar-refractivity contribution < 1.29 is 0 Å². The molecular formula is C17H20N2. The highest BCUT2D eigenvalue weighted by atomic mass is 15.3. The maximum absolute atomic E-state index is 6.06. The van der Waals surface area contributed by atoms with Crippen molar-refractivity contribution in [3.05, 3.63) is 71.8 Å². The molecule has 19 heavy (non-hydrogen) atoms. The Morgan fingerprint density at radius 3 is 1.79 bits per heavy atom. The molecule has 1 heterocycles. The van der Waals surface area contributed by atoms with Crippen LogP contribution in [0.25, 0.3) is 0 Å². The fraction of sp³-hybridized carbons (Fsp3) is 0.294. The van der Waals surface area contributed by atoms with E-state index in [1.807, 2.05) is 0 Å². The lowest BCUT2D eigenvalue weighted by Gasteiger charge is -2.49. The van der Waals surface area contributed by atoms with Gasteiger partial charge in [0.25, 0.3) is 0 Å². The largest absolute Gasteiger partial charge is 0.325 e. The second-order valence-electron chi connectivity index (χ2n) is 5.33. The normalized spacial score (nSPS) is 23.3. The molecular weight excluding hydrogens is 232 g/mol. The molecule has 0 spiro atoms. The van der Waals surface area contributed by atoms with Crippen LogP contribution in [0, 0.1) is 0 Å². The third kappa shape index (κ3) is 2.29. The van der Waals surface area contributed by atoms with E-state index in [4.69, 9.17) is 5.73 Å². The minimum absolute atomic E-state index is 0.301. The van der Waals surface area contributed by atoms with Crippen molar-refractivity contribution >= 4 is 0 Å². The van der Waals surface area contributed by atoms with Crippen molar-refractivity contribution in [3.8, 4) is 0 Å². The van der Waals surface area contributed by atoms with Crippen LogP contribution < -0.4 is 5.73 Å². The molecule has 0 bridgehead atoms. The zero-order valence-corrected chi connectivity index (χ0v) is 11.2. The van der Waals surface area contributed by atoms with Crippen LogP contribution in [0.2, 0.25) is 0 Å². The molecule has 2 atom stereocenters. The van der Waals surface area contributed by atoms with E-state index < -0.39 is 0 Å². The van der Waals surface area contributed by atoms with E-state index >= 15 is 0 Å². The summed E-state index contributed by atoms with van der Waals surface area (Å²) in [5.74, 6) is 0. The minimum Gasteiger partial charge on any atom is -0.325 e. The summed E-state index contributed by atoms with van der Waals surface area (Å²) in [7, 11) is 0. The molecule has 2 aromatic carbocycles. The third-order valence-corrected chi connectivity index (χ3v) is 4.13. The van der Waals surface area contributed by atoms with Gasteiger partial charge in [-0.25, -0.2) is 0 Å². The van der Waals surface area contributed by atoms with Crippen LogP contribution >= 0.6 is 0 Å². The second kappa shape index (κ2) is 5.16. The molecule has 2 nitrogen and oxygen atoms in total. The van der Waals surface area contributed by atoms with Crippen molar-refractivity contribution in [1.82, 2.24) is 4.90 Å². The molecule has 0 unspecified atom stereocenters. The molecule has 2 aromatic rings. The van der Waals surface area contributed by atoms with Gasteiger partial charge in [-0.15, -0.1) is 0 Å². The topological polar surface area (TPSA) is 29.3 Å². The highest BCUT2D eigenvalue weighted by molar-refractivity contribution is 5.33. The Hall–Kier alpha value is -1.64. The van der Waals surface area contributed by atoms with Crippen molar-refractivity contribution in [1.29, 1.82) is 0 Å². The summed E-state index contributed by atoms with van der Waals surface area (Å²) in [4.78, 5) is 2.48. The number of rotatable bonds is 3. The van der Waals surface area contributed by atoms with Gasteiger partial charge in [-0.2, -0.15) is 0 Å². The lowest BCUT2D eigenvalue weighted by Crippen LogP contribution is -2.63. The Morgan fingerprint density at radius 1 is 0.947 bits per heavy atom. The molecule has 1 aliphatic rings. The first-order valence-electron chi connectivity index (χ1n) is 6.88. The summed E-state index contributed by atoms with van der Waals surface area (Å²) in [5.41, 5.74) is 8.75. The Labute approximate surface area is 114 Å². The summed E-state index contributed by atoms with van der Waals surface area (Å²) in [6.45, 7) is 3.18. The van der Waals surface area contributed by atoms with Crippen molar-refractivity contribution in [2.45, 2.75) is 25.0 Å². The fourth-order valence-corrected chi connectivity index (χ4v) is 2.86. The Kier molecular flexibility index (Phi) is 3.36. The van der Waals surface area contributed by atoms with Crippen molar-refractivity contribution in [3.63, 3.8) is 0 Å². The van der Waals surface area contributed by atoms with E-state index in [1.165, 1.54) is 11.1 Å². The number of likely N-dealkylation sites (tertiary alicyclic amines) is 1. The number of benzene rings is 2. The molecule has 0 aromatic heterocycles. The number of nitrogens with zero attached hydrogens (tertiary/aromatic N) is 1. The van der Waals surface area contributed by atoms with Crippen LogP contribution in [0.5, 0.6) is 0 Å². The van der Waals surface area contributed by atoms with Crippen LogP contribution in [0.1, 0.15) is 24.1 Å². The van der Waals surface area contributed by atoms with Crippen molar-refractivity contribution in [2.24, 2.45) is 5.73 Å². The second-order valence-corrected chi connectivity index (χ2v) is 5.33. The third-order valence-electron chi connectivity index (χ3n) is 4.13. The molecule has 1 aliphatic heterocycles. The predicted octanol–water partition coefficient (Wildman–Crippen LogP) is 2.81. The fourth-order valence-electron chi connectivity index (χ4n) is 2.86. The van der Waals surface area contributed by atoms with E-state index in [1.54, 1.807) is 0 Å². The molecule has 1 saturated heterocycles. The SMILES string of the molecule is C[C@@H]1[C@@H](N)CN1C(c1ccccc1)c1ccccc1. The first kappa shape index (κ1) is 12.4. The minimum atomic E-state index is 0.301. The summed E-state index contributed by atoms with van der Waals surface area (Å²) in [5, 5.41) is 0. The smallest absolute Gasteiger partial charge is 0.0605 e. The van der Waals surface area contributed by atoms with Crippen LogP contribution in [0.3, 0.4) is 0 Å². The summed E-state index contributed by atoms with van der Waals surface area (Å²) >= 11 is 0. The average molecular weight is 252 g/mol. The summed E-state index contributed by atoms with van der Waals surface area (Å²) in [6, 6.07) is 22.4. The van der Waals surface area contributed by atoms with E-state index in [0.29, 0.717) is 18.1 Å². The molecule has 2 heteroatoms. The van der Waals surface area contributed by atoms with Crippen LogP contribution in [0.4, 0.5) is 0 Å². The van der Waals surface area contributed by atoms with Crippen molar-refractivity contribution in [2.75, 3.05) is 6.54 Å². The highest BCUT2D eigenvalue weighted by Crippen LogP contribution is 2.34. The lowest BCUT2D eigenvalue weighted by molar-refractivity contribution is 0.0447. The molecule has 0 aliphatic carbocycles. The van der Waals surface area contributed by atoms with Gasteiger partial charge in [-0.3, -0.25) is 4.90 Å². The molecule has 2 N–H and O–H groups in total. The molecule has 1 fully saturated rings. The maximum Gasteiger partial charge on any atom is 0.0605 e. The van der Waals surface area contributed by atoms with Gasteiger partial charge >= 0.3 is 0 Å². The van der Waals surface area contributed by atoms with Gasteiger partial charge in [0.2, 0.25) is 0 Å². The average Bonchev–Trinajstić information content (AvgIpc) is 2.49. The van der Waals surface area contributed by atoms with Gasteiger partial charge in [0.15, 0.2) is 0 Å². The molecule has 3 rings (SSSR count). The van der Waals surface area contributed by atoms with E-state index in [0.717, 1.165) is 6.54 Å². The number of nitrogens with two attached hydrogens (primary N) is 1. The molecule has 0 saturated carbocycles. The van der Waals surface area contributed by atoms with Gasteiger partial charge in [0, 0.05) is 18.6 Å². The standard InChI is InChI=1S/C17H20N2/c1-13-16(18)12-19(13)17(14-8-4-2-5-9-14)15-10-6-3-7-11-15/h2-11,13,16-17H,12,18H2,1H3/t13-,16+/m1/s1. The highest BCUT2D eigenvalue weighted by Gasteiger charge is 2.38. The predicted molar refractivity (Wildman–Crippen MR) is 78.9 cm³/mol. The molecule has 98 valence electrons. The number of hydrogen-bond donors (Lipinski definition) is 1. The molecule has 0 amide bonds. The maximum atomic E-state index is 6.06. The van der Waals surface area contributed by atoms with Gasteiger partial charge in [-0.05, 0) is 18.1 Å². The molecule has 0 radical (unpaired) electrons. The lowest BCUT2D eigenvalue weighted by atomic mass is 9.89. The van der Waals surface area contributed by atoms with Gasteiger partial charge in [0.05, 0.1) is 6.04 Å². The van der Waals surface area contributed by atoms with Gasteiger partial charge in [-0.1, -0.05) is 60.7 Å². The Morgan fingerprint density at radius 2 is 1.42 bits per heavy atom. The van der Waals surface area contributed by atoms with E-state index in [2.05, 4.69) is 72.5 Å². The Bertz CT molecular complexity index is 484. The quantitative estimate of drug-likeness (QED) is 0.910.